The van der Waals surface area contributed by atoms with Gasteiger partial charge in [-0.2, -0.15) is 5.10 Å². The van der Waals surface area contributed by atoms with Crippen LogP contribution in [0.4, 0.5) is 5.69 Å². The average molecular weight is 284 g/mol. The van der Waals surface area contributed by atoms with Gasteiger partial charge in [-0.25, -0.2) is 4.68 Å². The minimum atomic E-state index is -0.729. The summed E-state index contributed by atoms with van der Waals surface area (Å²) in [5.74, 6) is -0.102. The third-order valence-corrected chi connectivity index (χ3v) is 4.06. The molecule has 1 amide bonds. The molecular weight excluding hydrogens is 264 g/mol. The van der Waals surface area contributed by atoms with E-state index in [0.717, 1.165) is 37.8 Å². The Morgan fingerprint density at radius 3 is 2.62 bits per heavy atom. The van der Waals surface area contributed by atoms with Gasteiger partial charge >= 0.3 is 0 Å². The van der Waals surface area contributed by atoms with Gasteiger partial charge in [-0.15, -0.1) is 0 Å². The van der Waals surface area contributed by atoms with Gasteiger partial charge in [-0.1, -0.05) is 37.5 Å². The van der Waals surface area contributed by atoms with Gasteiger partial charge in [-0.05, 0) is 25.0 Å². The largest absolute Gasteiger partial charge is 0.322 e. The van der Waals surface area contributed by atoms with Crippen molar-refractivity contribution in [3.63, 3.8) is 0 Å². The van der Waals surface area contributed by atoms with Crippen LogP contribution >= 0.6 is 0 Å². The third kappa shape index (κ3) is 2.97. The Bertz CT molecular complexity index is 614. The highest BCUT2D eigenvalue weighted by Crippen LogP contribution is 2.27. The maximum atomic E-state index is 12.4. The van der Waals surface area contributed by atoms with Crippen LogP contribution in [0.1, 0.15) is 32.1 Å². The number of benzene rings is 1. The highest BCUT2D eigenvalue weighted by atomic mass is 16.2. The number of nitrogens with two attached hydrogens (primary N) is 1. The van der Waals surface area contributed by atoms with E-state index in [0.29, 0.717) is 5.69 Å². The fraction of sp³-hybridized carbons (Fsp3) is 0.375. The number of hydrogen-bond donors (Lipinski definition) is 2. The van der Waals surface area contributed by atoms with Crippen LogP contribution in [0.25, 0.3) is 5.69 Å². The lowest BCUT2D eigenvalue weighted by Gasteiger charge is -2.31. The van der Waals surface area contributed by atoms with Gasteiger partial charge in [0.25, 0.3) is 0 Å². The van der Waals surface area contributed by atoms with E-state index in [1.54, 1.807) is 17.1 Å². The zero-order chi connectivity index (χ0) is 14.7. The molecule has 0 aliphatic heterocycles. The summed E-state index contributed by atoms with van der Waals surface area (Å²) >= 11 is 0. The third-order valence-electron chi connectivity index (χ3n) is 4.06. The number of hydrogen-bond acceptors (Lipinski definition) is 3. The molecule has 0 bridgehead atoms. The number of rotatable bonds is 3. The van der Waals surface area contributed by atoms with Gasteiger partial charge in [0.1, 0.15) is 0 Å². The van der Waals surface area contributed by atoms with Crippen LogP contribution in [0.15, 0.2) is 42.7 Å². The first-order chi connectivity index (χ1) is 10.2. The van der Waals surface area contributed by atoms with Crippen molar-refractivity contribution in [1.82, 2.24) is 9.78 Å². The Hall–Kier alpha value is -2.14. The number of nitrogens with zero attached hydrogens (tertiary/aromatic N) is 2. The zero-order valence-electron chi connectivity index (χ0n) is 12.0. The van der Waals surface area contributed by atoms with Crippen molar-refractivity contribution in [2.24, 2.45) is 5.73 Å². The fourth-order valence-electron chi connectivity index (χ4n) is 2.77. The van der Waals surface area contributed by atoms with Gasteiger partial charge in [0.2, 0.25) is 5.91 Å². The van der Waals surface area contributed by atoms with Crippen LogP contribution < -0.4 is 11.1 Å². The van der Waals surface area contributed by atoms with Crippen LogP contribution in [0.5, 0.6) is 0 Å². The molecule has 1 fully saturated rings. The van der Waals surface area contributed by atoms with Crippen molar-refractivity contribution in [2.75, 3.05) is 5.32 Å². The van der Waals surface area contributed by atoms with Crippen LogP contribution in [-0.2, 0) is 4.79 Å². The summed E-state index contributed by atoms with van der Waals surface area (Å²) in [7, 11) is 0. The van der Waals surface area contributed by atoms with Gasteiger partial charge in [-0.3, -0.25) is 4.79 Å². The summed E-state index contributed by atoms with van der Waals surface area (Å²) in [6, 6.07) is 9.78. The van der Waals surface area contributed by atoms with Gasteiger partial charge < -0.3 is 11.1 Å². The van der Waals surface area contributed by atoms with Crippen LogP contribution in [0, 0.1) is 0 Å². The molecule has 5 heteroatoms. The summed E-state index contributed by atoms with van der Waals surface area (Å²) < 4.78 is 1.74. The first kappa shape index (κ1) is 13.8. The monoisotopic (exact) mass is 284 g/mol. The molecule has 3 rings (SSSR count). The minimum absolute atomic E-state index is 0.102. The summed E-state index contributed by atoms with van der Waals surface area (Å²) in [5.41, 5.74) is 7.14. The summed E-state index contributed by atoms with van der Waals surface area (Å²) in [6.45, 7) is 0. The van der Waals surface area contributed by atoms with E-state index in [1.165, 1.54) is 0 Å². The number of para-hydroxylation sites is 1. The highest BCUT2D eigenvalue weighted by Gasteiger charge is 2.35. The smallest absolute Gasteiger partial charge is 0.244 e. The standard InChI is InChI=1S/C16H20N4O/c17-16(9-5-2-6-10-16)15(21)19-13-11-18-20(12-13)14-7-3-1-4-8-14/h1,3-4,7-8,11-12H,2,5-6,9-10,17H2,(H,19,21). The van der Waals surface area contributed by atoms with Crippen molar-refractivity contribution in [1.29, 1.82) is 0 Å². The van der Waals surface area contributed by atoms with E-state index in [1.807, 2.05) is 30.3 Å². The second kappa shape index (κ2) is 5.69. The van der Waals surface area contributed by atoms with Crippen LogP contribution in [0.2, 0.25) is 0 Å². The molecule has 2 aromatic rings. The number of amides is 1. The van der Waals surface area contributed by atoms with Crippen molar-refractivity contribution in [3.8, 4) is 5.69 Å². The molecule has 21 heavy (non-hydrogen) atoms. The van der Waals surface area contributed by atoms with Crippen molar-refractivity contribution < 1.29 is 4.79 Å². The lowest BCUT2D eigenvalue weighted by atomic mass is 9.82. The molecule has 1 aliphatic carbocycles. The molecular formula is C16H20N4O. The first-order valence-corrected chi connectivity index (χ1v) is 7.38. The maximum Gasteiger partial charge on any atom is 0.244 e. The molecule has 3 N–H and O–H groups in total. The van der Waals surface area contributed by atoms with Crippen molar-refractivity contribution >= 4 is 11.6 Å². The van der Waals surface area contributed by atoms with Gasteiger partial charge in [0, 0.05) is 0 Å². The Morgan fingerprint density at radius 1 is 1.19 bits per heavy atom. The molecule has 0 unspecified atom stereocenters. The normalized spacial score (nSPS) is 17.4. The van der Waals surface area contributed by atoms with Crippen molar-refractivity contribution in [3.05, 3.63) is 42.7 Å². The molecule has 0 atom stereocenters. The molecule has 0 spiro atoms. The Labute approximate surface area is 124 Å². The highest BCUT2D eigenvalue weighted by molar-refractivity contribution is 5.97. The fourth-order valence-corrected chi connectivity index (χ4v) is 2.77. The number of aromatic nitrogens is 2. The van der Waals surface area contributed by atoms with Gasteiger partial charge in [0.15, 0.2) is 0 Å². The quantitative estimate of drug-likeness (QED) is 0.909. The lowest BCUT2D eigenvalue weighted by Crippen LogP contribution is -2.52. The molecule has 1 heterocycles. The average Bonchev–Trinajstić information content (AvgIpc) is 2.97. The summed E-state index contributed by atoms with van der Waals surface area (Å²) in [4.78, 5) is 12.4. The van der Waals surface area contributed by atoms with E-state index < -0.39 is 5.54 Å². The maximum absolute atomic E-state index is 12.4. The van der Waals surface area contributed by atoms with Gasteiger partial charge in [0.05, 0.1) is 29.3 Å². The second-order valence-corrected chi connectivity index (χ2v) is 5.68. The van der Waals surface area contributed by atoms with E-state index in [4.69, 9.17) is 5.73 Å². The zero-order valence-corrected chi connectivity index (χ0v) is 12.0. The number of carbonyl (C=O) groups excluding carboxylic acids is 1. The topological polar surface area (TPSA) is 72.9 Å². The van der Waals surface area contributed by atoms with Crippen LogP contribution in [0.3, 0.4) is 0 Å². The molecule has 1 saturated carbocycles. The Balaban J connectivity index is 1.71. The van der Waals surface area contributed by atoms with Crippen molar-refractivity contribution in [2.45, 2.75) is 37.6 Å². The number of nitrogens with one attached hydrogen (secondary N) is 1. The number of anilines is 1. The molecule has 1 aromatic carbocycles. The molecule has 110 valence electrons. The van der Waals surface area contributed by atoms with E-state index >= 15 is 0 Å². The summed E-state index contributed by atoms with van der Waals surface area (Å²) in [6.07, 6.45) is 8.17. The molecule has 5 nitrogen and oxygen atoms in total. The van der Waals surface area contributed by atoms with E-state index in [-0.39, 0.29) is 5.91 Å². The number of carbonyl (C=O) groups is 1. The Kier molecular flexibility index (Phi) is 3.75. The predicted molar refractivity (Wildman–Crippen MR) is 82.2 cm³/mol. The molecule has 0 saturated heterocycles. The van der Waals surface area contributed by atoms with E-state index in [9.17, 15) is 4.79 Å². The second-order valence-electron chi connectivity index (χ2n) is 5.68. The molecule has 0 radical (unpaired) electrons. The predicted octanol–water partition coefficient (Wildman–Crippen LogP) is 2.47. The molecule has 1 aromatic heterocycles. The van der Waals surface area contributed by atoms with Crippen LogP contribution in [-0.4, -0.2) is 21.2 Å². The lowest BCUT2D eigenvalue weighted by molar-refractivity contribution is -0.122. The first-order valence-electron chi connectivity index (χ1n) is 7.38. The Morgan fingerprint density at radius 2 is 1.90 bits per heavy atom. The minimum Gasteiger partial charge on any atom is -0.322 e. The molecule has 1 aliphatic rings. The van der Waals surface area contributed by atoms with E-state index in [2.05, 4.69) is 10.4 Å². The summed E-state index contributed by atoms with van der Waals surface area (Å²) in [5, 5.41) is 7.16. The SMILES string of the molecule is NC1(C(=O)Nc2cnn(-c3ccccc3)c2)CCCCC1.